The Bertz CT molecular complexity index is 152. The predicted molar refractivity (Wildman–Crippen MR) is 52.0 cm³/mol. The van der Waals surface area contributed by atoms with Crippen LogP contribution in [0.2, 0.25) is 0 Å². The smallest absolute Gasteiger partial charge is 0.217 e. The molecule has 0 bridgehead atoms. The molecule has 0 saturated carbocycles. The van der Waals surface area contributed by atoms with Crippen molar-refractivity contribution in [1.82, 2.24) is 5.32 Å². The Morgan fingerprint density at radius 2 is 2.00 bits per heavy atom. The third-order valence-electron chi connectivity index (χ3n) is 1.43. The van der Waals surface area contributed by atoms with Crippen molar-refractivity contribution >= 4 is 5.91 Å². The maximum atomic E-state index is 10.6. The molecule has 0 spiro atoms. The minimum Gasteiger partial charge on any atom is -0.394 e. The molecule has 1 atom stereocenters. The topological polar surface area (TPSA) is 67.8 Å². The van der Waals surface area contributed by atoms with Crippen LogP contribution in [0.4, 0.5) is 0 Å². The minimum absolute atomic E-state index is 0.0188. The van der Waals surface area contributed by atoms with Gasteiger partial charge in [0, 0.05) is 13.0 Å². The lowest BCUT2D eigenvalue weighted by Gasteiger charge is -2.12. The van der Waals surface area contributed by atoms with E-state index in [9.17, 15) is 4.79 Å². The molecule has 0 radical (unpaired) electrons. The summed E-state index contributed by atoms with van der Waals surface area (Å²) in [5.41, 5.74) is 0. The molecule has 0 aromatic carbocycles. The van der Waals surface area contributed by atoms with E-state index in [2.05, 4.69) is 5.32 Å². The standard InChI is InChI=1S/C9H19NO4/c1-8(10-9(2)12)7-14-6-5-13-4-3-11/h8,11H,3-7H2,1-2H3,(H,10,12). The summed E-state index contributed by atoms with van der Waals surface area (Å²) in [7, 11) is 0. The number of rotatable bonds is 8. The van der Waals surface area contributed by atoms with E-state index in [1.54, 1.807) is 0 Å². The molecule has 84 valence electrons. The summed E-state index contributed by atoms with van der Waals surface area (Å²) in [6.45, 7) is 5.13. The molecule has 2 N–H and O–H groups in total. The molecule has 0 rings (SSSR count). The van der Waals surface area contributed by atoms with Gasteiger partial charge in [0.25, 0.3) is 0 Å². The fourth-order valence-electron chi connectivity index (χ4n) is 0.933. The van der Waals surface area contributed by atoms with E-state index < -0.39 is 0 Å². The van der Waals surface area contributed by atoms with Crippen LogP contribution >= 0.6 is 0 Å². The van der Waals surface area contributed by atoms with Crippen LogP contribution in [0.5, 0.6) is 0 Å². The van der Waals surface area contributed by atoms with Crippen molar-refractivity contribution in [1.29, 1.82) is 0 Å². The van der Waals surface area contributed by atoms with Gasteiger partial charge in [0.2, 0.25) is 5.91 Å². The summed E-state index contributed by atoms with van der Waals surface area (Å²) in [5.74, 6) is -0.0577. The first-order valence-electron chi connectivity index (χ1n) is 4.70. The molecule has 0 aliphatic rings. The molecule has 1 amide bonds. The van der Waals surface area contributed by atoms with Gasteiger partial charge in [0.05, 0.1) is 33.0 Å². The van der Waals surface area contributed by atoms with Gasteiger partial charge in [-0.2, -0.15) is 0 Å². The summed E-state index contributed by atoms with van der Waals surface area (Å²) in [6.07, 6.45) is 0. The van der Waals surface area contributed by atoms with E-state index in [0.29, 0.717) is 26.4 Å². The molecule has 0 heterocycles. The highest BCUT2D eigenvalue weighted by Gasteiger charge is 2.02. The molecule has 0 aliphatic carbocycles. The Morgan fingerprint density at radius 3 is 2.57 bits per heavy atom. The second kappa shape index (κ2) is 8.93. The van der Waals surface area contributed by atoms with Crippen molar-refractivity contribution in [2.45, 2.75) is 19.9 Å². The van der Waals surface area contributed by atoms with Crippen molar-refractivity contribution in [3.63, 3.8) is 0 Å². The first-order valence-corrected chi connectivity index (χ1v) is 4.70. The molecule has 14 heavy (non-hydrogen) atoms. The molecular formula is C9H19NO4. The Morgan fingerprint density at radius 1 is 1.36 bits per heavy atom. The van der Waals surface area contributed by atoms with Gasteiger partial charge in [0.15, 0.2) is 0 Å². The highest BCUT2D eigenvalue weighted by Crippen LogP contribution is 1.85. The molecule has 0 fully saturated rings. The second-order valence-corrected chi connectivity index (χ2v) is 3.01. The molecule has 5 heteroatoms. The number of hydrogen-bond acceptors (Lipinski definition) is 4. The van der Waals surface area contributed by atoms with Gasteiger partial charge in [-0.15, -0.1) is 0 Å². The Hall–Kier alpha value is -0.650. The van der Waals surface area contributed by atoms with E-state index >= 15 is 0 Å². The van der Waals surface area contributed by atoms with Gasteiger partial charge in [0.1, 0.15) is 0 Å². The minimum atomic E-state index is -0.0577. The zero-order chi connectivity index (χ0) is 10.8. The SMILES string of the molecule is CC(=O)NC(C)COCCOCCO. The highest BCUT2D eigenvalue weighted by atomic mass is 16.5. The van der Waals surface area contributed by atoms with E-state index in [1.807, 2.05) is 6.92 Å². The van der Waals surface area contributed by atoms with Crippen LogP contribution in [0.25, 0.3) is 0 Å². The monoisotopic (exact) mass is 205 g/mol. The number of carbonyl (C=O) groups excluding carboxylic acids is 1. The van der Waals surface area contributed by atoms with Crippen LogP contribution in [0, 0.1) is 0 Å². The number of hydrogen-bond donors (Lipinski definition) is 2. The highest BCUT2D eigenvalue weighted by molar-refractivity contribution is 5.73. The van der Waals surface area contributed by atoms with Crippen molar-refractivity contribution in [2.24, 2.45) is 0 Å². The summed E-state index contributed by atoms with van der Waals surface area (Å²) in [6, 6.07) is 0.0188. The molecule has 1 unspecified atom stereocenters. The number of ether oxygens (including phenoxy) is 2. The zero-order valence-corrected chi connectivity index (χ0v) is 8.78. The summed E-state index contributed by atoms with van der Waals surface area (Å²) in [5, 5.41) is 11.1. The molecule has 0 aromatic heterocycles. The number of amides is 1. The van der Waals surface area contributed by atoms with Crippen LogP contribution < -0.4 is 5.32 Å². The lowest BCUT2D eigenvalue weighted by Crippen LogP contribution is -2.34. The van der Waals surface area contributed by atoms with Gasteiger partial charge in [-0.25, -0.2) is 0 Å². The Kier molecular flexibility index (Phi) is 8.51. The van der Waals surface area contributed by atoms with Crippen molar-refractivity contribution in [3.05, 3.63) is 0 Å². The molecule has 0 aliphatic heterocycles. The number of aliphatic hydroxyl groups is 1. The summed E-state index contributed by atoms with van der Waals surface area (Å²) in [4.78, 5) is 10.6. The van der Waals surface area contributed by atoms with Gasteiger partial charge in [-0.1, -0.05) is 0 Å². The Labute approximate surface area is 84.4 Å². The van der Waals surface area contributed by atoms with Crippen molar-refractivity contribution in [2.75, 3.05) is 33.0 Å². The van der Waals surface area contributed by atoms with Crippen LogP contribution in [-0.2, 0) is 14.3 Å². The van der Waals surface area contributed by atoms with Crippen LogP contribution in [0.1, 0.15) is 13.8 Å². The molecular weight excluding hydrogens is 186 g/mol. The quantitative estimate of drug-likeness (QED) is 0.526. The van der Waals surface area contributed by atoms with E-state index in [1.165, 1.54) is 6.92 Å². The molecule has 0 saturated heterocycles. The van der Waals surface area contributed by atoms with E-state index in [-0.39, 0.29) is 18.6 Å². The average molecular weight is 205 g/mol. The lowest BCUT2D eigenvalue weighted by atomic mass is 10.3. The fourth-order valence-corrected chi connectivity index (χ4v) is 0.933. The second-order valence-electron chi connectivity index (χ2n) is 3.01. The van der Waals surface area contributed by atoms with Crippen molar-refractivity contribution in [3.8, 4) is 0 Å². The van der Waals surface area contributed by atoms with E-state index in [0.717, 1.165) is 0 Å². The fraction of sp³-hybridized carbons (Fsp3) is 0.889. The lowest BCUT2D eigenvalue weighted by molar-refractivity contribution is -0.120. The van der Waals surface area contributed by atoms with Gasteiger partial charge in [-0.05, 0) is 6.92 Å². The summed E-state index contributed by atoms with van der Waals surface area (Å²) < 4.78 is 10.2. The molecule has 0 aromatic rings. The first kappa shape index (κ1) is 13.4. The van der Waals surface area contributed by atoms with Crippen LogP contribution in [0.15, 0.2) is 0 Å². The zero-order valence-electron chi connectivity index (χ0n) is 8.78. The normalized spacial score (nSPS) is 12.5. The third kappa shape index (κ3) is 9.44. The largest absolute Gasteiger partial charge is 0.394 e. The number of aliphatic hydroxyl groups excluding tert-OH is 1. The number of carbonyl (C=O) groups is 1. The van der Waals surface area contributed by atoms with Crippen molar-refractivity contribution < 1.29 is 19.4 Å². The van der Waals surface area contributed by atoms with Crippen LogP contribution in [-0.4, -0.2) is 50.1 Å². The third-order valence-corrected chi connectivity index (χ3v) is 1.43. The maximum Gasteiger partial charge on any atom is 0.217 e. The summed E-state index contributed by atoms with van der Waals surface area (Å²) >= 11 is 0. The van der Waals surface area contributed by atoms with Gasteiger partial charge < -0.3 is 19.9 Å². The molecule has 5 nitrogen and oxygen atoms in total. The van der Waals surface area contributed by atoms with Gasteiger partial charge >= 0.3 is 0 Å². The Balaban J connectivity index is 3.14. The first-order chi connectivity index (χ1) is 6.66. The van der Waals surface area contributed by atoms with Gasteiger partial charge in [-0.3, -0.25) is 4.79 Å². The predicted octanol–water partition coefficient (Wildman–Crippen LogP) is -0.463. The average Bonchev–Trinajstić information content (AvgIpc) is 2.10. The van der Waals surface area contributed by atoms with Crippen LogP contribution in [0.3, 0.4) is 0 Å². The number of nitrogens with one attached hydrogen (secondary N) is 1. The van der Waals surface area contributed by atoms with E-state index in [4.69, 9.17) is 14.6 Å². The maximum absolute atomic E-state index is 10.6.